The van der Waals surface area contributed by atoms with Crippen molar-refractivity contribution in [3.63, 3.8) is 0 Å². The Balaban J connectivity index is 1.88. The van der Waals surface area contributed by atoms with E-state index in [-0.39, 0.29) is 18.1 Å². The molecule has 0 aliphatic carbocycles. The predicted molar refractivity (Wildman–Crippen MR) is 110 cm³/mol. The second kappa shape index (κ2) is 9.66. The minimum absolute atomic E-state index is 0.0214. The van der Waals surface area contributed by atoms with Gasteiger partial charge in [-0.05, 0) is 42.9 Å². The van der Waals surface area contributed by atoms with E-state index in [0.717, 1.165) is 17.9 Å². The quantitative estimate of drug-likeness (QED) is 0.510. The molecule has 7 nitrogen and oxygen atoms in total. The van der Waals surface area contributed by atoms with Crippen LogP contribution in [0, 0.1) is 0 Å². The lowest BCUT2D eigenvalue weighted by Crippen LogP contribution is -2.32. The SMILES string of the molecule is COCCn1cccc1[C@H]1[C@@H](c2ccccn2)NC(=S)N1CCCC(=O)OC. The van der Waals surface area contributed by atoms with Crippen molar-refractivity contribution in [2.45, 2.75) is 31.5 Å². The fourth-order valence-electron chi connectivity index (χ4n) is 3.55. The normalized spacial score (nSPS) is 18.9. The molecule has 3 rings (SSSR count). The Bertz CT molecular complexity index is 796. The van der Waals surface area contributed by atoms with Gasteiger partial charge in [0, 0.05) is 44.7 Å². The smallest absolute Gasteiger partial charge is 0.305 e. The molecule has 2 aromatic rings. The number of carbonyl (C=O) groups excluding carboxylic acids is 1. The molecule has 1 aliphatic heterocycles. The third-order valence-corrected chi connectivity index (χ3v) is 5.26. The molecule has 2 aromatic heterocycles. The Hall–Kier alpha value is -2.45. The molecule has 28 heavy (non-hydrogen) atoms. The minimum atomic E-state index is -0.209. The number of ether oxygens (including phenoxy) is 2. The highest BCUT2D eigenvalue weighted by molar-refractivity contribution is 7.80. The van der Waals surface area contributed by atoms with Gasteiger partial charge in [0.2, 0.25) is 0 Å². The van der Waals surface area contributed by atoms with Gasteiger partial charge in [-0.3, -0.25) is 9.78 Å². The molecular formula is C20H26N4O3S. The minimum Gasteiger partial charge on any atom is -0.469 e. The zero-order valence-electron chi connectivity index (χ0n) is 16.2. The summed E-state index contributed by atoms with van der Waals surface area (Å²) in [6, 6.07) is 9.95. The molecule has 2 atom stereocenters. The van der Waals surface area contributed by atoms with Crippen molar-refractivity contribution >= 4 is 23.3 Å². The molecule has 0 saturated carbocycles. The summed E-state index contributed by atoms with van der Waals surface area (Å²) in [5, 5.41) is 4.10. The van der Waals surface area contributed by atoms with Gasteiger partial charge in [-0.2, -0.15) is 0 Å². The van der Waals surface area contributed by atoms with Crippen LogP contribution in [0.3, 0.4) is 0 Å². The van der Waals surface area contributed by atoms with Gasteiger partial charge >= 0.3 is 5.97 Å². The molecule has 8 heteroatoms. The van der Waals surface area contributed by atoms with Crippen molar-refractivity contribution in [1.29, 1.82) is 0 Å². The van der Waals surface area contributed by atoms with Crippen molar-refractivity contribution in [2.75, 3.05) is 27.4 Å². The fraction of sp³-hybridized carbons (Fsp3) is 0.450. The predicted octanol–water partition coefficient (Wildman–Crippen LogP) is 2.46. The van der Waals surface area contributed by atoms with Crippen LogP contribution in [0.15, 0.2) is 42.7 Å². The molecule has 0 spiro atoms. The van der Waals surface area contributed by atoms with Crippen LogP contribution in [-0.2, 0) is 20.8 Å². The summed E-state index contributed by atoms with van der Waals surface area (Å²) in [5.41, 5.74) is 2.07. The van der Waals surface area contributed by atoms with Gasteiger partial charge in [0.1, 0.15) is 0 Å². The maximum absolute atomic E-state index is 11.5. The van der Waals surface area contributed by atoms with Crippen molar-refractivity contribution in [3.05, 3.63) is 54.1 Å². The van der Waals surface area contributed by atoms with Crippen LogP contribution in [-0.4, -0.2) is 52.9 Å². The fourth-order valence-corrected chi connectivity index (χ4v) is 3.88. The Morgan fingerprint density at radius 2 is 2.11 bits per heavy atom. The van der Waals surface area contributed by atoms with E-state index in [4.69, 9.17) is 21.7 Å². The summed E-state index contributed by atoms with van der Waals surface area (Å²) >= 11 is 5.64. The average molecular weight is 403 g/mol. The van der Waals surface area contributed by atoms with E-state index in [1.807, 2.05) is 24.3 Å². The largest absolute Gasteiger partial charge is 0.469 e. The third kappa shape index (κ3) is 4.51. The Morgan fingerprint density at radius 1 is 1.25 bits per heavy atom. The number of hydrogen-bond acceptors (Lipinski definition) is 5. The van der Waals surface area contributed by atoms with Crippen molar-refractivity contribution in [1.82, 2.24) is 19.8 Å². The molecule has 1 aliphatic rings. The molecule has 0 bridgehead atoms. The van der Waals surface area contributed by atoms with E-state index in [0.29, 0.717) is 31.1 Å². The number of methoxy groups -OCH3 is 2. The number of pyridine rings is 1. The van der Waals surface area contributed by atoms with E-state index in [2.05, 4.69) is 32.0 Å². The van der Waals surface area contributed by atoms with Gasteiger partial charge in [-0.25, -0.2) is 0 Å². The first-order chi connectivity index (χ1) is 13.7. The average Bonchev–Trinajstić information content (AvgIpc) is 3.31. The topological polar surface area (TPSA) is 68.6 Å². The zero-order chi connectivity index (χ0) is 19.9. The molecule has 0 unspecified atom stereocenters. The van der Waals surface area contributed by atoms with Gasteiger partial charge in [0.05, 0.1) is 31.5 Å². The highest BCUT2D eigenvalue weighted by atomic mass is 32.1. The third-order valence-electron chi connectivity index (χ3n) is 4.91. The van der Waals surface area contributed by atoms with Gasteiger partial charge in [-0.1, -0.05) is 6.07 Å². The number of thiocarbonyl (C=S) groups is 1. The van der Waals surface area contributed by atoms with E-state index in [9.17, 15) is 4.79 Å². The van der Waals surface area contributed by atoms with Crippen molar-refractivity contribution < 1.29 is 14.3 Å². The maximum Gasteiger partial charge on any atom is 0.305 e. The van der Waals surface area contributed by atoms with Gasteiger partial charge < -0.3 is 24.3 Å². The van der Waals surface area contributed by atoms with Crippen LogP contribution in [0.5, 0.6) is 0 Å². The van der Waals surface area contributed by atoms with Crippen LogP contribution in [0.2, 0.25) is 0 Å². The van der Waals surface area contributed by atoms with Gasteiger partial charge in [0.15, 0.2) is 5.11 Å². The first-order valence-corrected chi connectivity index (χ1v) is 9.75. The number of nitrogens with one attached hydrogen (secondary N) is 1. The molecule has 1 saturated heterocycles. The zero-order valence-corrected chi connectivity index (χ0v) is 17.0. The van der Waals surface area contributed by atoms with Gasteiger partial charge in [0.25, 0.3) is 0 Å². The molecule has 150 valence electrons. The van der Waals surface area contributed by atoms with Gasteiger partial charge in [-0.15, -0.1) is 0 Å². The number of aromatic nitrogens is 2. The van der Waals surface area contributed by atoms with E-state index >= 15 is 0 Å². The molecule has 0 amide bonds. The molecule has 3 heterocycles. The van der Waals surface area contributed by atoms with E-state index in [1.165, 1.54) is 7.11 Å². The summed E-state index contributed by atoms with van der Waals surface area (Å²) < 4.78 is 12.2. The number of hydrogen-bond donors (Lipinski definition) is 1. The Morgan fingerprint density at radius 3 is 2.82 bits per heavy atom. The molecular weight excluding hydrogens is 376 g/mol. The number of carbonyl (C=O) groups is 1. The summed E-state index contributed by atoms with van der Waals surface area (Å²) in [5.74, 6) is -0.209. The second-order valence-electron chi connectivity index (χ2n) is 6.62. The first-order valence-electron chi connectivity index (χ1n) is 9.34. The van der Waals surface area contributed by atoms with Crippen LogP contribution >= 0.6 is 12.2 Å². The molecule has 0 radical (unpaired) electrons. The Kier molecular flexibility index (Phi) is 7.00. The van der Waals surface area contributed by atoms with Crippen LogP contribution in [0.25, 0.3) is 0 Å². The summed E-state index contributed by atoms with van der Waals surface area (Å²) in [6.07, 6.45) is 4.87. The highest BCUT2D eigenvalue weighted by Crippen LogP contribution is 2.38. The van der Waals surface area contributed by atoms with Crippen molar-refractivity contribution in [3.8, 4) is 0 Å². The van der Waals surface area contributed by atoms with Crippen LogP contribution < -0.4 is 5.32 Å². The standard InChI is InChI=1S/C20H26N4O3S/c1-26-14-13-23-11-5-8-16(23)19-18(15-7-3-4-10-21-15)22-20(28)24(19)12-6-9-17(25)27-2/h3-5,7-8,10-11,18-19H,6,9,12-14H2,1-2H3,(H,22,28)/t18-,19+/m1/s1. The monoisotopic (exact) mass is 402 g/mol. The van der Waals surface area contributed by atoms with Crippen LogP contribution in [0.1, 0.15) is 36.3 Å². The number of rotatable bonds is 9. The first kappa shape index (κ1) is 20.3. The number of nitrogens with zero attached hydrogens (tertiary/aromatic N) is 3. The summed E-state index contributed by atoms with van der Waals surface area (Å²) in [6.45, 7) is 2.04. The lowest BCUT2D eigenvalue weighted by molar-refractivity contribution is -0.140. The van der Waals surface area contributed by atoms with E-state index < -0.39 is 0 Å². The highest BCUT2D eigenvalue weighted by Gasteiger charge is 2.40. The van der Waals surface area contributed by atoms with E-state index in [1.54, 1.807) is 13.3 Å². The lowest BCUT2D eigenvalue weighted by atomic mass is 10.0. The molecule has 0 aromatic carbocycles. The maximum atomic E-state index is 11.5. The molecule has 1 N–H and O–H groups in total. The number of esters is 1. The lowest BCUT2D eigenvalue weighted by Gasteiger charge is -2.28. The molecule has 1 fully saturated rings. The van der Waals surface area contributed by atoms with Crippen LogP contribution in [0.4, 0.5) is 0 Å². The summed E-state index contributed by atoms with van der Waals surface area (Å²) in [7, 11) is 3.11. The Labute approximate surface area is 170 Å². The second-order valence-corrected chi connectivity index (χ2v) is 7.01. The van der Waals surface area contributed by atoms with Crippen molar-refractivity contribution in [2.24, 2.45) is 0 Å². The summed E-state index contributed by atoms with van der Waals surface area (Å²) in [4.78, 5) is 18.2.